The number of nitrogens with zero attached hydrogens (tertiary/aromatic N) is 2. The molecule has 37 heavy (non-hydrogen) atoms. The number of thiazole rings is 1. The van der Waals surface area contributed by atoms with Crippen LogP contribution in [0.25, 0.3) is 16.0 Å². The van der Waals surface area contributed by atoms with Crippen LogP contribution in [0.5, 0.6) is 11.5 Å². The zero-order valence-corrected chi connectivity index (χ0v) is 22.3. The van der Waals surface area contributed by atoms with Gasteiger partial charge in [0.15, 0.2) is 5.13 Å². The lowest BCUT2D eigenvalue weighted by molar-refractivity contribution is -0.132. The Morgan fingerprint density at radius 3 is 2.78 bits per heavy atom. The second-order valence-corrected chi connectivity index (χ2v) is 10.9. The standard InChI is InChI=1S/C28H21BrN2O5S/c1-14-10-17-11-16(6-9-21(17)36-14)25(32)23-24(15-4-3-5-18(29)12-15)31(27(34)26(23)33)28-30-20-8-7-19(35-2)13-22(20)37-28/h3-9,11-14,24,32H,10H2,1-2H3. The van der Waals surface area contributed by atoms with Crippen LogP contribution in [0.3, 0.4) is 0 Å². The first-order valence-electron chi connectivity index (χ1n) is 11.6. The summed E-state index contributed by atoms with van der Waals surface area (Å²) < 4.78 is 12.7. The first-order chi connectivity index (χ1) is 17.8. The van der Waals surface area contributed by atoms with Gasteiger partial charge in [0.1, 0.15) is 23.4 Å². The zero-order chi connectivity index (χ0) is 25.8. The molecular weight excluding hydrogens is 556 g/mol. The third-order valence-corrected chi connectivity index (χ3v) is 8.08. The number of carbonyl (C=O) groups is 2. The van der Waals surface area contributed by atoms with Gasteiger partial charge < -0.3 is 14.6 Å². The molecule has 6 rings (SSSR count). The minimum absolute atomic E-state index is 0.0202. The fraction of sp³-hybridized carbons (Fsp3) is 0.179. The van der Waals surface area contributed by atoms with E-state index in [-0.39, 0.29) is 17.4 Å². The Kier molecular flexibility index (Phi) is 5.77. The second-order valence-electron chi connectivity index (χ2n) is 9.01. The van der Waals surface area contributed by atoms with Crippen molar-refractivity contribution in [3.63, 3.8) is 0 Å². The molecule has 3 aromatic carbocycles. The lowest BCUT2D eigenvalue weighted by atomic mass is 9.94. The number of hydrogen-bond donors (Lipinski definition) is 1. The molecule has 0 aliphatic carbocycles. The number of fused-ring (bicyclic) bond motifs is 2. The Labute approximate surface area is 225 Å². The number of hydrogen-bond acceptors (Lipinski definition) is 7. The number of ether oxygens (including phenoxy) is 2. The van der Waals surface area contributed by atoms with E-state index in [0.717, 1.165) is 20.5 Å². The first-order valence-corrected chi connectivity index (χ1v) is 13.3. The van der Waals surface area contributed by atoms with Crippen molar-refractivity contribution in [1.82, 2.24) is 4.98 Å². The molecule has 2 aliphatic heterocycles. The quantitative estimate of drug-likeness (QED) is 0.181. The van der Waals surface area contributed by atoms with Crippen molar-refractivity contribution in [2.24, 2.45) is 0 Å². The number of halogens is 1. The summed E-state index contributed by atoms with van der Waals surface area (Å²) >= 11 is 4.78. The summed E-state index contributed by atoms with van der Waals surface area (Å²) in [7, 11) is 1.58. The Bertz CT molecular complexity index is 1630. The van der Waals surface area contributed by atoms with Gasteiger partial charge in [0.25, 0.3) is 5.78 Å². The number of anilines is 1. The molecule has 7 nitrogen and oxygen atoms in total. The van der Waals surface area contributed by atoms with Gasteiger partial charge in [0.05, 0.1) is 28.9 Å². The van der Waals surface area contributed by atoms with Crippen LogP contribution in [0, 0.1) is 0 Å². The number of benzene rings is 3. The molecule has 1 N–H and O–H groups in total. The van der Waals surface area contributed by atoms with Crippen LogP contribution < -0.4 is 14.4 Å². The van der Waals surface area contributed by atoms with Crippen LogP contribution in [0.4, 0.5) is 5.13 Å². The molecule has 1 saturated heterocycles. The van der Waals surface area contributed by atoms with Crippen molar-refractivity contribution < 1.29 is 24.2 Å². The molecule has 1 amide bonds. The topological polar surface area (TPSA) is 89.0 Å². The third kappa shape index (κ3) is 3.98. The lowest BCUT2D eigenvalue weighted by Gasteiger charge is -2.23. The average molecular weight is 577 g/mol. The zero-order valence-electron chi connectivity index (χ0n) is 19.9. The normalized spacial score (nSPS) is 20.4. The van der Waals surface area contributed by atoms with E-state index in [9.17, 15) is 14.7 Å². The number of ketones is 1. The van der Waals surface area contributed by atoms with Gasteiger partial charge in [0, 0.05) is 16.5 Å². The number of methoxy groups -OCH3 is 1. The van der Waals surface area contributed by atoms with E-state index < -0.39 is 17.7 Å². The molecule has 0 saturated carbocycles. The van der Waals surface area contributed by atoms with Crippen molar-refractivity contribution in [1.29, 1.82) is 0 Å². The van der Waals surface area contributed by atoms with Crippen LogP contribution in [-0.4, -0.2) is 35.0 Å². The molecule has 1 aromatic heterocycles. The lowest BCUT2D eigenvalue weighted by Crippen LogP contribution is -2.29. The van der Waals surface area contributed by atoms with Crippen LogP contribution >= 0.6 is 27.3 Å². The second kappa shape index (κ2) is 9.00. The summed E-state index contributed by atoms with van der Waals surface area (Å²) in [5, 5.41) is 11.8. The van der Waals surface area contributed by atoms with E-state index in [1.165, 1.54) is 16.2 Å². The largest absolute Gasteiger partial charge is 0.507 e. The number of amides is 1. The van der Waals surface area contributed by atoms with Crippen molar-refractivity contribution in [3.8, 4) is 11.5 Å². The molecule has 4 aromatic rings. The fourth-order valence-electron chi connectivity index (χ4n) is 4.87. The van der Waals surface area contributed by atoms with Crippen molar-refractivity contribution >= 4 is 60.1 Å². The van der Waals surface area contributed by atoms with Crippen molar-refractivity contribution in [3.05, 3.63) is 87.4 Å². The summed E-state index contributed by atoms with van der Waals surface area (Å²) in [5.41, 5.74) is 2.79. The predicted molar refractivity (Wildman–Crippen MR) is 145 cm³/mol. The highest BCUT2D eigenvalue weighted by atomic mass is 79.9. The van der Waals surface area contributed by atoms with Gasteiger partial charge in [-0.1, -0.05) is 39.4 Å². The molecule has 2 unspecified atom stereocenters. The van der Waals surface area contributed by atoms with Crippen LogP contribution in [0.15, 0.2) is 70.7 Å². The molecule has 2 aliphatic rings. The molecular formula is C28H21BrN2O5S. The molecule has 3 heterocycles. The smallest absolute Gasteiger partial charge is 0.301 e. The van der Waals surface area contributed by atoms with E-state index in [1.807, 2.05) is 49.4 Å². The maximum Gasteiger partial charge on any atom is 0.301 e. The van der Waals surface area contributed by atoms with E-state index in [0.29, 0.717) is 33.9 Å². The Morgan fingerprint density at radius 2 is 2.00 bits per heavy atom. The summed E-state index contributed by atoms with van der Waals surface area (Å²) in [6, 6.07) is 17.3. The van der Waals surface area contributed by atoms with Gasteiger partial charge in [-0.3, -0.25) is 14.5 Å². The Morgan fingerprint density at radius 1 is 1.16 bits per heavy atom. The summed E-state index contributed by atoms with van der Waals surface area (Å²) in [6.45, 7) is 1.98. The highest BCUT2D eigenvalue weighted by molar-refractivity contribution is 9.10. The van der Waals surface area contributed by atoms with Crippen molar-refractivity contribution in [2.45, 2.75) is 25.5 Å². The molecule has 0 bridgehead atoms. The maximum absolute atomic E-state index is 13.5. The van der Waals surface area contributed by atoms with Gasteiger partial charge in [-0.05, 0) is 66.6 Å². The molecule has 0 spiro atoms. The summed E-state index contributed by atoms with van der Waals surface area (Å²) in [5.74, 6) is -0.294. The average Bonchev–Trinajstić information content (AvgIpc) is 3.55. The summed E-state index contributed by atoms with van der Waals surface area (Å²) in [6.07, 6.45) is 0.743. The minimum atomic E-state index is -0.858. The van der Waals surface area contributed by atoms with Gasteiger partial charge >= 0.3 is 5.91 Å². The van der Waals surface area contributed by atoms with Gasteiger partial charge in [-0.25, -0.2) is 4.98 Å². The molecule has 0 radical (unpaired) electrons. The molecule has 1 fully saturated rings. The Balaban J connectivity index is 1.53. The predicted octanol–water partition coefficient (Wildman–Crippen LogP) is 6.02. The van der Waals surface area contributed by atoms with Crippen LogP contribution in [-0.2, 0) is 16.0 Å². The van der Waals surface area contributed by atoms with E-state index in [2.05, 4.69) is 20.9 Å². The van der Waals surface area contributed by atoms with E-state index in [4.69, 9.17) is 9.47 Å². The molecule has 9 heteroatoms. The fourth-order valence-corrected chi connectivity index (χ4v) is 6.31. The highest BCUT2D eigenvalue weighted by Gasteiger charge is 2.48. The van der Waals surface area contributed by atoms with Crippen LogP contribution in [0.1, 0.15) is 29.7 Å². The number of carbonyl (C=O) groups excluding carboxylic acids is 2. The number of Topliss-reactive ketones (excluding diaryl/α,β-unsaturated/α-hetero) is 1. The van der Waals surface area contributed by atoms with Gasteiger partial charge in [-0.2, -0.15) is 0 Å². The minimum Gasteiger partial charge on any atom is -0.507 e. The number of aromatic nitrogens is 1. The number of aliphatic hydroxyl groups excluding tert-OH is 1. The monoisotopic (exact) mass is 576 g/mol. The summed E-state index contributed by atoms with van der Waals surface area (Å²) in [4.78, 5) is 33.0. The third-order valence-electron chi connectivity index (χ3n) is 6.57. The van der Waals surface area contributed by atoms with Gasteiger partial charge in [0.2, 0.25) is 0 Å². The maximum atomic E-state index is 13.5. The van der Waals surface area contributed by atoms with Crippen LogP contribution in [0.2, 0.25) is 0 Å². The van der Waals surface area contributed by atoms with Crippen molar-refractivity contribution in [2.75, 3.05) is 12.0 Å². The van der Waals surface area contributed by atoms with Gasteiger partial charge in [-0.15, -0.1) is 0 Å². The number of rotatable bonds is 4. The highest BCUT2D eigenvalue weighted by Crippen LogP contribution is 2.45. The van der Waals surface area contributed by atoms with E-state index >= 15 is 0 Å². The Hall–Kier alpha value is -3.69. The number of aliphatic hydroxyl groups is 1. The molecule has 186 valence electrons. The molecule has 2 atom stereocenters. The first kappa shape index (κ1) is 23.7. The van der Waals surface area contributed by atoms with E-state index in [1.54, 1.807) is 25.3 Å². The SMILES string of the molecule is COc1ccc2nc(N3C(=O)C(=O)C(=C(O)c4ccc5c(c4)CC(C)O5)C3c3cccc(Br)c3)sc2c1.